The van der Waals surface area contributed by atoms with E-state index in [0.717, 1.165) is 5.56 Å². The molecule has 0 fully saturated rings. The smallest absolute Gasteiger partial charge is 0.346 e. The van der Waals surface area contributed by atoms with Crippen molar-refractivity contribution in [2.24, 2.45) is 7.05 Å². The van der Waals surface area contributed by atoms with Gasteiger partial charge in [0.05, 0.1) is 11.4 Å². The molecule has 6 heteroatoms. The highest BCUT2D eigenvalue weighted by Gasteiger charge is 2.23. The lowest BCUT2D eigenvalue weighted by Gasteiger charge is -2.07. The van der Waals surface area contributed by atoms with Crippen LogP contribution in [0.1, 0.15) is 21.6 Å². The summed E-state index contributed by atoms with van der Waals surface area (Å²) in [5.74, 6) is -1.08. The van der Waals surface area contributed by atoms with E-state index in [1.54, 1.807) is 18.7 Å². The zero-order valence-electron chi connectivity index (χ0n) is 13.9. The van der Waals surface area contributed by atoms with Crippen molar-refractivity contribution in [1.29, 1.82) is 0 Å². The van der Waals surface area contributed by atoms with E-state index in [1.807, 2.05) is 30.3 Å². The molecular formula is C19H17FN2O3. The third kappa shape index (κ3) is 3.24. The minimum Gasteiger partial charge on any atom is -0.457 e. The molecule has 0 aliphatic heterocycles. The maximum Gasteiger partial charge on any atom is 0.346 e. The summed E-state index contributed by atoms with van der Waals surface area (Å²) in [6.45, 7) is 1.75. The van der Waals surface area contributed by atoms with Crippen LogP contribution >= 0.6 is 0 Å². The van der Waals surface area contributed by atoms with Crippen molar-refractivity contribution in [2.45, 2.75) is 13.5 Å². The first kappa shape index (κ1) is 16.7. The van der Waals surface area contributed by atoms with Gasteiger partial charge in [0.25, 0.3) is 5.56 Å². The molecule has 1 aromatic heterocycles. The molecule has 0 saturated heterocycles. The van der Waals surface area contributed by atoms with Crippen LogP contribution in [0.2, 0.25) is 0 Å². The number of carbonyl (C=O) groups is 1. The molecule has 25 heavy (non-hydrogen) atoms. The number of ether oxygens (including phenoxy) is 1. The highest BCUT2D eigenvalue weighted by Crippen LogP contribution is 2.13. The zero-order chi connectivity index (χ0) is 18.0. The van der Waals surface area contributed by atoms with Gasteiger partial charge < -0.3 is 4.74 Å². The maximum atomic E-state index is 13.1. The molecule has 0 saturated carbocycles. The van der Waals surface area contributed by atoms with Gasteiger partial charge in [0.15, 0.2) is 0 Å². The standard InChI is InChI=1S/C19H17FN2O3/c1-13-17(19(24)25-12-14-6-4-3-5-7-14)18(23)22(21(13)2)16-10-8-15(20)9-11-16/h3-11H,12H2,1-2H3. The molecule has 2 aromatic carbocycles. The van der Waals surface area contributed by atoms with Gasteiger partial charge in [0.2, 0.25) is 0 Å². The average Bonchev–Trinajstić information content (AvgIpc) is 2.84. The number of aromatic nitrogens is 2. The zero-order valence-corrected chi connectivity index (χ0v) is 13.9. The number of benzene rings is 2. The van der Waals surface area contributed by atoms with Crippen LogP contribution in [0.4, 0.5) is 4.39 Å². The van der Waals surface area contributed by atoms with E-state index in [-0.39, 0.29) is 12.2 Å². The highest BCUT2D eigenvalue weighted by molar-refractivity contribution is 5.90. The molecule has 0 spiro atoms. The Hall–Kier alpha value is -3.15. The molecule has 0 aliphatic rings. The van der Waals surface area contributed by atoms with E-state index >= 15 is 0 Å². The molecule has 0 N–H and O–H groups in total. The average molecular weight is 340 g/mol. The molecular weight excluding hydrogens is 323 g/mol. The van der Waals surface area contributed by atoms with Crippen LogP contribution < -0.4 is 5.56 Å². The minimum atomic E-state index is -0.678. The lowest BCUT2D eigenvalue weighted by molar-refractivity contribution is 0.0470. The largest absolute Gasteiger partial charge is 0.457 e. The van der Waals surface area contributed by atoms with Crippen molar-refractivity contribution in [2.75, 3.05) is 0 Å². The fraction of sp³-hybridized carbons (Fsp3) is 0.158. The first-order chi connectivity index (χ1) is 12.0. The third-order valence-electron chi connectivity index (χ3n) is 4.04. The van der Waals surface area contributed by atoms with Crippen LogP contribution in [0.15, 0.2) is 59.4 Å². The van der Waals surface area contributed by atoms with Crippen molar-refractivity contribution in [3.63, 3.8) is 0 Å². The number of hydrogen-bond donors (Lipinski definition) is 0. The number of rotatable bonds is 4. The summed E-state index contributed by atoms with van der Waals surface area (Å²) in [4.78, 5) is 25.1. The van der Waals surface area contributed by atoms with Crippen molar-refractivity contribution < 1.29 is 13.9 Å². The van der Waals surface area contributed by atoms with Crippen LogP contribution in [0.25, 0.3) is 5.69 Å². The summed E-state index contributed by atoms with van der Waals surface area (Å²) in [6, 6.07) is 14.7. The molecule has 0 bridgehead atoms. The predicted octanol–water partition coefficient (Wildman–Crippen LogP) is 2.98. The van der Waals surface area contributed by atoms with Crippen molar-refractivity contribution in [3.05, 3.63) is 87.6 Å². The SMILES string of the molecule is Cc1c(C(=O)OCc2ccccc2)c(=O)n(-c2ccc(F)cc2)n1C. The lowest BCUT2D eigenvalue weighted by Crippen LogP contribution is -2.23. The maximum absolute atomic E-state index is 13.1. The Morgan fingerprint density at radius 1 is 1.08 bits per heavy atom. The van der Waals surface area contributed by atoms with E-state index in [1.165, 1.54) is 28.9 Å². The first-order valence-electron chi connectivity index (χ1n) is 7.74. The van der Waals surface area contributed by atoms with E-state index < -0.39 is 17.3 Å². The number of esters is 1. The molecule has 3 aromatic rings. The Morgan fingerprint density at radius 3 is 2.36 bits per heavy atom. The molecule has 5 nitrogen and oxygen atoms in total. The Morgan fingerprint density at radius 2 is 1.72 bits per heavy atom. The van der Waals surface area contributed by atoms with Gasteiger partial charge in [-0.15, -0.1) is 0 Å². The lowest BCUT2D eigenvalue weighted by atomic mass is 10.2. The van der Waals surface area contributed by atoms with Crippen LogP contribution in [0.5, 0.6) is 0 Å². The van der Waals surface area contributed by atoms with E-state index in [2.05, 4.69) is 0 Å². The summed E-state index contributed by atoms with van der Waals surface area (Å²) in [5, 5.41) is 0. The normalized spacial score (nSPS) is 10.7. The van der Waals surface area contributed by atoms with Gasteiger partial charge in [-0.3, -0.25) is 9.48 Å². The van der Waals surface area contributed by atoms with Crippen molar-refractivity contribution in [3.8, 4) is 5.69 Å². The van der Waals surface area contributed by atoms with Crippen molar-refractivity contribution in [1.82, 2.24) is 9.36 Å². The predicted molar refractivity (Wildman–Crippen MR) is 91.3 cm³/mol. The summed E-state index contributed by atoms with van der Waals surface area (Å²) in [5.41, 5.74) is 1.27. The molecule has 0 aliphatic carbocycles. The topological polar surface area (TPSA) is 53.2 Å². The Labute approximate surface area is 143 Å². The van der Waals surface area contributed by atoms with Gasteiger partial charge in [-0.25, -0.2) is 13.9 Å². The van der Waals surface area contributed by atoms with Gasteiger partial charge in [-0.05, 0) is 36.8 Å². The molecule has 3 rings (SSSR count). The molecule has 0 radical (unpaired) electrons. The number of hydrogen-bond acceptors (Lipinski definition) is 3. The summed E-state index contributed by atoms with van der Waals surface area (Å²) >= 11 is 0. The first-order valence-corrected chi connectivity index (χ1v) is 7.74. The van der Waals surface area contributed by atoms with Crippen LogP contribution in [0, 0.1) is 12.7 Å². The molecule has 0 amide bonds. The quantitative estimate of drug-likeness (QED) is 0.686. The van der Waals surface area contributed by atoms with E-state index in [4.69, 9.17) is 4.74 Å². The van der Waals surface area contributed by atoms with Gasteiger partial charge in [0, 0.05) is 7.05 Å². The van der Waals surface area contributed by atoms with Crippen molar-refractivity contribution >= 4 is 5.97 Å². The van der Waals surface area contributed by atoms with Gasteiger partial charge in [0.1, 0.15) is 18.0 Å². The Kier molecular flexibility index (Phi) is 4.52. The summed E-state index contributed by atoms with van der Waals surface area (Å²) in [6.07, 6.45) is 0. The van der Waals surface area contributed by atoms with E-state index in [0.29, 0.717) is 11.4 Å². The Bertz CT molecular complexity index is 957. The fourth-order valence-corrected chi connectivity index (χ4v) is 2.61. The van der Waals surface area contributed by atoms with Gasteiger partial charge >= 0.3 is 5.97 Å². The van der Waals surface area contributed by atoms with Crippen LogP contribution in [0.3, 0.4) is 0 Å². The number of halogens is 1. The molecule has 1 heterocycles. The number of nitrogens with zero attached hydrogens (tertiary/aromatic N) is 2. The summed E-state index contributed by atoms with van der Waals surface area (Å²) < 4.78 is 21.2. The molecule has 0 unspecified atom stereocenters. The second-order valence-corrected chi connectivity index (χ2v) is 5.64. The van der Waals surface area contributed by atoms with Crippen LogP contribution in [-0.4, -0.2) is 15.3 Å². The molecule has 128 valence electrons. The molecule has 0 atom stereocenters. The summed E-state index contributed by atoms with van der Waals surface area (Å²) in [7, 11) is 1.66. The fourth-order valence-electron chi connectivity index (χ4n) is 2.61. The van der Waals surface area contributed by atoms with Gasteiger partial charge in [-0.1, -0.05) is 30.3 Å². The third-order valence-corrected chi connectivity index (χ3v) is 4.04. The number of carbonyl (C=O) groups excluding carboxylic acids is 1. The monoisotopic (exact) mass is 340 g/mol. The second-order valence-electron chi connectivity index (χ2n) is 5.64. The highest BCUT2D eigenvalue weighted by atomic mass is 19.1. The Balaban J connectivity index is 1.92. The van der Waals surface area contributed by atoms with E-state index in [9.17, 15) is 14.0 Å². The van der Waals surface area contributed by atoms with Gasteiger partial charge in [-0.2, -0.15) is 0 Å². The van der Waals surface area contributed by atoms with Crippen LogP contribution in [-0.2, 0) is 18.4 Å². The second kappa shape index (κ2) is 6.76. The minimum absolute atomic E-state index is 0.0252.